The number of aromatic nitrogens is 1. The topological polar surface area (TPSA) is 37.0 Å². The molecule has 13 heavy (non-hydrogen) atoms. The van der Waals surface area contributed by atoms with Crippen molar-refractivity contribution in [2.24, 2.45) is 0 Å². The van der Waals surface area contributed by atoms with Gasteiger partial charge in [-0.2, -0.15) is 0 Å². The van der Waals surface area contributed by atoms with Crippen LogP contribution in [0.5, 0.6) is 0 Å². The van der Waals surface area contributed by atoms with Gasteiger partial charge in [-0.15, -0.1) is 0 Å². The molecule has 0 radical (unpaired) electrons. The van der Waals surface area contributed by atoms with E-state index in [4.69, 9.17) is 4.74 Å². The number of aromatic amines is 1. The second-order valence-corrected chi connectivity index (χ2v) is 3.51. The molecule has 1 atom stereocenters. The van der Waals surface area contributed by atoms with Crippen molar-refractivity contribution in [1.29, 1.82) is 0 Å². The van der Waals surface area contributed by atoms with Crippen LogP contribution in [0.15, 0.2) is 18.5 Å². The van der Waals surface area contributed by atoms with Gasteiger partial charge >= 0.3 is 0 Å². The summed E-state index contributed by atoms with van der Waals surface area (Å²) in [5.74, 6) is 0. The van der Waals surface area contributed by atoms with E-state index in [2.05, 4.69) is 16.4 Å². The van der Waals surface area contributed by atoms with Crippen molar-refractivity contribution in [3.8, 4) is 0 Å². The van der Waals surface area contributed by atoms with Gasteiger partial charge in [0, 0.05) is 31.6 Å². The monoisotopic (exact) mass is 180 g/mol. The van der Waals surface area contributed by atoms with Crippen LogP contribution in [0, 0.1) is 0 Å². The van der Waals surface area contributed by atoms with E-state index < -0.39 is 0 Å². The molecule has 2 rings (SSSR count). The van der Waals surface area contributed by atoms with Crippen molar-refractivity contribution in [2.75, 3.05) is 13.2 Å². The van der Waals surface area contributed by atoms with E-state index in [-0.39, 0.29) is 0 Å². The summed E-state index contributed by atoms with van der Waals surface area (Å²) in [6.07, 6.45) is 6.40. The SMILES string of the molecule is c1cc(CN[C@H]2CCCOC2)c[nH]1. The summed E-state index contributed by atoms with van der Waals surface area (Å²) in [5, 5.41) is 3.48. The standard InChI is InChI=1S/C10H16N2O/c1-2-10(8-13-5-1)12-7-9-3-4-11-6-9/h3-4,6,10-12H,1-2,5,7-8H2/t10-/m0/s1. The van der Waals surface area contributed by atoms with E-state index in [1.165, 1.54) is 18.4 Å². The quantitative estimate of drug-likeness (QED) is 0.735. The molecule has 1 aliphatic rings. The van der Waals surface area contributed by atoms with Crippen molar-refractivity contribution in [1.82, 2.24) is 10.3 Å². The number of nitrogens with one attached hydrogen (secondary N) is 2. The zero-order valence-electron chi connectivity index (χ0n) is 7.75. The van der Waals surface area contributed by atoms with Crippen molar-refractivity contribution in [3.05, 3.63) is 24.0 Å². The summed E-state index contributed by atoms with van der Waals surface area (Å²) >= 11 is 0. The van der Waals surface area contributed by atoms with Gasteiger partial charge in [-0.3, -0.25) is 0 Å². The molecule has 72 valence electrons. The average molecular weight is 180 g/mol. The normalized spacial score (nSPS) is 23.2. The Balaban J connectivity index is 1.72. The zero-order valence-corrected chi connectivity index (χ0v) is 7.75. The summed E-state index contributed by atoms with van der Waals surface area (Å²) in [4.78, 5) is 3.05. The second kappa shape index (κ2) is 4.44. The van der Waals surface area contributed by atoms with Gasteiger partial charge < -0.3 is 15.0 Å². The first-order valence-corrected chi connectivity index (χ1v) is 4.88. The fourth-order valence-corrected chi connectivity index (χ4v) is 1.63. The van der Waals surface area contributed by atoms with Crippen molar-refractivity contribution >= 4 is 0 Å². The van der Waals surface area contributed by atoms with Gasteiger partial charge in [0.25, 0.3) is 0 Å². The van der Waals surface area contributed by atoms with Crippen LogP contribution in [0.4, 0.5) is 0 Å². The smallest absolute Gasteiger partial charge is 0.0619 e. The van der Waals surface area contributed by atoms with E-state index in [1.807, 2.05) is 12.4 Å². The molecule has 2 N–H and O–H groups in total. The molecule has 3 heteroatoms. The minimum absolute atomic E-state index is 0.545. The molecule has 1 aromatic rings. The van der Waals surface area contributed by atoms with Gasteiger partial charge in [-0.05, 0) is 24.5 Å². The third-order valence-corrected chi connectivity index (χ3v) is 2.42. The van der Waals surface area contributed by atoms with Crippen LogP contribution in [0.3, 0.4) is 0 Å². The van der Waals surface area contributed by atoms with Gasteiger partial charge in [-0.1, -0.05) is 0 Å². The maximum Gasteiger partial charge on any atom is 0.0619 e. The summed E-state index contributed by atoms with van der Waals surface area (Å²) < 4.78 is 5.38. The lowest BCUT2D eigenvalue weighted by molar-refractivity contribution is 0.0699. The Labute approximate surface area is 78.5 Å². The van der Waals surface area contributed by atoms with Crippen LogP contribution in [-0.2, 0) is 11.3 Å². The van der Waals surface area contributed by atoms with Gasteiger partial charge in [0.15, 0.2) is 0 Å². The Hall–Kier alpha value is -0.800. The fourth-order valence-electron chi connectivity index (χ4n) is 1.63. The van der Waals surface area contributed by atoms with Crippen molar-refractivity contribution in [2.45, 2.75) is 25.4 Å². The van der Waals surface area contributed by atoms with Crippen LogP contribution >= 0.6 is 0 Å². The molecule has 3 nitrogen and oxygen atoms in total. The molecule has 0 bridgehead atoms. The van der Waals surface area contributed by atoms with Crippen LogP contribution in [-0.4, -0.2) is 24.2 Å². The highest BCUT2D eigenvalue weighted by Gasteiger charge is 2.12. The van der Waals surface area contributed by atoms with Crippen LogP contribution in [0.2, 0.25) is 0 Å². The first kappa shape index (κ1) is 8.78. The molecule has 1 aliphatic heterocycles. The van der Waals surface area contributed by atoms with Gasteiger partial charge in [-0.25, -0.2) is 0 Å². The molecule has 1 saturated heterocycles. The average Bonchev–Trinajstić information content (AvgIpc) is 2.69. The lowest BCUT2D eigenvalue weighted by atomic mass is 10.1. The number of hydrogen-bond donors (Lipinski definition) is 2. The van der Waals surface area contributed by atoms with Crippen LogP contribution in [0.25, 0.3) is 0 Å². The number of H-pyrrole nitrogens is 1. The van der Waals surface area contributed by atoms with Crippen LogP contribution in [0.1, 0.15) is 18.4 Å². The summed E-state index contributed by atoms with van der Waals surface area (Å²) in [6.45, 7) is 2.74. The predicted molar refractivity (Wildman–Crippen MR) is 51.5 cm³/mol. The molecule has 1 aromatic heterocycles. The van der Waals surface area contributed by atoms with Crippen molar-refractivity contribution < 1.29 is 4.74 Å². The maximum atomic E-state index is 5.38. The maximum absolute atomic E-state index is 5.38. The Kier molecular flexibility index (Phi) is 3.00. The van der Waals surface area contributed by atoms with Gasteiger partial charge in [0.1, 0.15) is 0 Å². The Bertz CT molecular complexity index is 227. The van der Waals surface area contributed by atoms with Gasteiger partial charge in [0.05, 0.1) is 6.61 Å². The molecule has 0 saturated carbocycles. The zero-order chi connectivity index (χ0) is 8.93. The highest BCUT2D eigenvalue weighted by molar-refractivity contribution is 5.07. The van der Waals surface area contributed by atoms with E-state index >= 15 is 0 Å². The number of ether oxygens (including phenoxy) is 1. The Morgan fingerprint density at radius 1 is 1.62 bits per heavy atom. The molecule has 0 aromatic carbocycles. The third kappa shape index (κ3) is 2.57. The molecule has 0 amide bonds. The lowest BCUT2D eigenvalue weighted by Gasteiger charge is -2.22. The Morgan fingerprint density at radius 3 is 3.31 bits per heavy atom. The largest absolute Gasteiger partial charge is 0.380 e. The molecular formula is C10H16N2O. The highest BCUT2D eigenvalue weighted by atomic mass is 16.5. The van der Waals surface area contributed by atoms with Gasteiger partial charge in [0.2, 0.25) is 0 Å². The minimum atomic E-state index is 0.545. The third-order valence-electron chi connectivity index (χ3n) is 2.42. The summed E-state index contributed by atoms with van der Waals surface area (Å²) in [7, 11) is 0. The lowest BCUT2D eigenvalue weighted by Crippen LogP contribution is -2.36. The van der Waals surface area contributed by atoms with Crippen LogP contribution < -0.4 is 5.32 Å². The fraction of sp³-hybridized carbons (Fsp3) is 0.600. The number of hydrogen-bond acceptors (Lipinski definition) is 2. The molecule has 0 aliphatic carbocycles. The molecule has 2 heterocycles. The number of rotatable bonds is 3. The first-order valence-electron chi connectivity index (χ1n) is 4.88. The summed E-state index contributed by atoms with van der Waals surface area (Å²) in [5.41, 5.74) is 1.31. The Morgan fingerprint density at radius 2 is 2.62 bits per heavy atom. The van der Waals surface area contributed by atoms with E-state index in [1.54, 1.807) is 0 Å². The molecule has 0 spiro atoms. The highest BCUT2D eigenvalue weighted by Crippen LogP contribution is 2.06. The van der Waals surface area contributed by atoms with Crippen molar-refractivity contribution in [3.63, 3.8) is 0 Å². The van der Waals surface area contributed by atoms with E-state index in [9.17, 15) is 0 Å². The second-order valence-electron chi connectivity index (χ2n) is 3.51. The van der Waals surface area contributed by atoms with E-state index in [0.29, 0.717) is 6.04 Å². The summed E-state index contributed by atoms with van der Waals surface area (Å²) in [6, 6.07) is 2.64. The first-order chi connectivity index (χ1) is 6.45. The minimum Gasteiger partial charge on any atom is -0.380 e. The molecular weight excluding hydrogens is 164 g/mol. The molecule has 0 unspecified atom stereocenters. The predicted octanol–water partition coefficient (Wildman–Crippen LogP) is 1.28. The molecule has 1 fully saturated rings. The van der Waals surface area contributed by atoms with E-state index in [0.717, 1.165) is 19.8 Å².